The minimum atomic E-state index is -0.734. The van der Waals surface area contributed by atoms with E-state index >= 15 is 0 Å². The van der Waals surface area contributed by atoms with Crippen LogP contribution in [0.15, 0.2) is 58.0 Å². The van der Waals surface area contributed by atoms with E-state index in [2.05, 4.69) is 25.9 Å². The fourth-order valence-corrected chi connectivity index (χ4v) is 4.11. The number of esters is 1. The van der Waals surface area contributed by atoms with Gasteiger partial charge in [-0.3, -0.25) is 0 Å². The Bertz CT molecular complexity index is 987. The van der Waals surface area contributed by atoms with Crippen LogP contribution in [0.4, 0.5) is 0 Å². The second kappa shape index (κ2) is 7.17. The van der Waals surface area contributed by atoms with Crippen molar-refractivity contribution >= 4 is 49.4 Å². The van der Waals surface area contributed by atoms with Gasteiger partial charge in [0.25, 0.3) is 0 Å². The summed E-state index contributed by atoms with van der Waals surface area (Å²) < 4.78 is 13.2. The van der Waals surface area contributed by atoms with Crippen molar-refractivity contribution in [3.8, 4) is 0 Å². The number of aromatic nitrogens is 1. The minimum absolute atomic E-state index is 0.213. The topological polar surface area (TPSA) is 60.8 Å². The Kier molecular flexibility index (Phi) is 4.74. The van der Waals surface area contributed by atoms with Crippen molar-refractivity contribution < 1.29 is 14.3 Å². The Balaban J connectivity index is 1.54. The summed E-state index contributed by atoms with van der Waals surface area (Å²) >= 11 is 4.95. The van der Waals surface area contributed by atoms with Crippen LogP contribution in [0.5, 0.6) is 0 Å². The standard InChI is InChI=1S/C19H15BrN2O3S/c1-11-21-16(19(23)24-10-12-5-3-2-4-6-12)17(25-11)18-22-14-9-13(20)7-8-15(14)26-18/h2-9,16-17H,10H2,1H3. The first kappa shape index (κ1) is 17.2. The number of ether oxygens (including phenoxy) is 2. The third-order valence-electron chi connectivity index (χ3n) is 3.98. The van der Waals surface area contributed by atoms with Crippen LogP contribution >= 0.6 is 27.3 Å². The van der Waals surface area contributed by atoms with Crippen molar-refractivity contribution in [3.05, 3.63) is 63.6 Å². The van der Waals surface area contributed by atoms with Crippen molar-refractivity contribution in [1.29, 1.82) is 0 Å². The lowest BCUT2D eigenvalue weighted by molar-refractivity contribution is -0.148. The van der Waals surface area contributed by atoms with E-state index in [0.29, 0.717) is 5.90 Å². The highest BCUT2D eigenvalue weighted by Gasteiger charge is 2.39. The fourth-order valence-electron chi connectivity index (χ4n) is 2.76. The first-order chi connectivity index (χ1) is 12.6. The third-order valence-corrected chi connectivity index (χ3v) is 5.57. The summed E-state index contributed by atoms with van der Waals surface area (Å²) in [7, 11) is 0. The highest BCUT2D eigenvalue weighted by molar-refractivity contribution is 9.10. The summed E-state index contributed by atoms with van der Waals surface area (Å²) in [6.45, 7) is 1.95. The lowest BCUT2D eigenvalue weighted by Gasteiger charge is -2.14. The molecule has 26 heavy (non-hydrogen) atoms. The quantitative estimate of drug-likeness (QED) is 0.564. The Labute approximate surface area is 162 Å². The average Bonchev–Trinajstić information content (AvgIpc) is 3.23. The maximum absolute atomic E-state index is 12.6. The lowest BCUT2D eigenvalue weighted by Crippen LogP contribution is -2.26. The third kappa shape index (κ3) is 3.50. The number of hydrogen-bond donors (Lipinski definition) is 0. The van der Waals surface area contributed by atoms with E-state index in [4.69, 9.17) is 9.47 Å². The zero-order chi connectivity index (χ0) is 18.1. The van der Waals surface area contributed by atoms with Crippen LogP contribution in [0.25, 0.3) is 10.2 Å². The molecule has 7 heteroatoms. The van der Waals surface area contributed by atoms with Crippen LogP contribution < -0.4 is 0 Å². The van der Waals surface area contributed by atoms with Gasteiger partial charge in [-0.1, -0.05) is 46.3 Å². The van der Waals surface area contributed by atoms with Crippen molar-refractivity contribution in [2.24, 2.45) is 4.99 Å². The molecule has 0 saturated heterocycles. The second-order valence-corrected chi connectivity index (χ2v) is 7.87. The molecule has 0 N–H and O–H groups in total. The summed E-state index contributed by atoms with van der Waals surface area (Å²) in [6.07, 6.45) is -0.547. The monoisotopic (exact) mass is 430 g/mol. The van der Waals surface area contributed by atoms with Gasteiger partial charge >= 0.3 is 5.97 Å². The average molecular weight is 431 g/mol. The number of carbonyl (C=O) groups is 1. The van der Waals surface area contributed by atoms with Crippen LogP contribution in [0.3, 0.4) is 0 Å². The Morgan fingerprint density at radius 2 is 2.08 bits per heavy atom. The van der Waals surface area contributed by atoms with Gasteiger partial charge in [0, 0.05) is 11.4 Å². The molecule has 4 rings (SSSR count). The molecule has 2 unspecified atom stereocenters. The molecule has 1 aliphatic heterocycles. The molecule has 1 aliphatic rings. The summed E-state index contributed by atoms with van der Waals surface area (Å²) in [5, 5.41) is 0.723. The maximum Gasteiger partial charge on any atom is 0.335 e. The molecule has 5 nitrogen and oxygen atoms in total. The molecule has 2 atom stereocenters. The van der Waals surface area contributed by atoms with Crippen molar-refractivity contribution in [2.45, 2.75) is 25.7 Å². The maximum atomic E-state index is 12.6. The lowest BCUT2D eigenvalue weighted by atomic mass is 10.2. The minimum Gasteiger partial charge on any atom is -0.468 e. The van der Waals surface area contributed by atoms with E-state index in [-0.39, 0.29) is 6.61 Å². The molecule has 0 fully saturated rings. The molecule has 2 aromatic carbocycles. The Morgan fingerprint density at radius 3 is 2.88 bits per heavy atom. The molecule has 132 valence electrons. The van der Waals surface area contributed by atoms with Crippen LogP contribution in [0.1, 0.15) is 23.6 Å². The number of fused-ring (bicyclic) bond motifs is 1. The van der Waals surface area contributed by atoms with E-state index in [1.54, 1.807) is 6.92 Å². The predicted molar refractivity (Wildman–Crippen MR) is 104 cm³/mol. The Morgan fingerprint density at radius 1 is 1.27 bits per heavy atom. The van der Waals surface area contributed by atoms with E-state index < -0.39 is 18.1 Å². The molecule has 2 heterocycles. The van der Waals surface area contributed by atoms with E-state index in [9.17, 15) is 4.79 Å². The van der Waals surface area contributed by atoms with Crippen molar-refractivity contribution in [1.82, 2.24) is 4.98 Å². The zero-order valence-corrected chi connectivity index (χ0v) is 16.3. The highest BCUT2D eigenvalue weighted by Crippen LogP contribution is 2.36. The van der Waals surface area contributed by atoms with Crippen LogP contribution in [0, 0.1) is 0 Å². The summed E-state index contributed by atoms with van der Waals surface area (Å²) in [5.41, 5.74) is 1.80. The largest absolute Gasteiger partial charge is 0.468 e. The molecule has 1 aromatic heterocycles. The molecule has 0 spiro atoms. The van der Waals surface area contributed by atoms with Crippen molar-refractivity contribution in [3.63, 3.8) is 0 Å². The van der Waals surface area contributed by atoms with Gasteiger partial charge in [-0.25, -0.2) is 14.8 Å². The number of carbonyl (C=O) groups excluding carboxylic acids is 1. The van der Waals surface area contributed by atoms with Gasteiger partial charge in [0.1, 0.15) is 11.6 Å². The number of aliphatic imine (C=N–C) groups is 1. The second-order valence-electron chi connectivity index (χ2n) is 5.89. The van der Waals surface area contributed by atoms with Gasteiger partial charge in [0.15, 0.2) is 18.0 Å². The number of hydrogen-bond acceptors (Lipinski definition) is 6. The molecule has 0 aliphatic carbocycles. The normalized spacial score (nSPS) is 19.2. The van der Waals surface area contributed by atoms with Gasteiger partial charge < -0.3 is 9.47 Å². The first-order valence-electron chi connectivity index (χ1n) is 8.08. The molecular formula is C19H15BrN2O3S. The molecule has 0 bridgehead atoms. The number of rotatable bonds is 4. The first-order valence-corrected chi connectivity index (χ1v) is 9.69. The number of nitrogens with zero attached hydrogens (tertiary/aromatic N) is 2. The van der Waals surface area contributed by atoms with Crippen LogP contribution in [-0.4, -0.2) is 22.9 Å². The molecular weight excluding hydrogens is 416 g/mol. The number of thiazole rings is 1. The smallest absolute Gasteiger partial charge is 0.335 e. The number of halogens is 1. The summed E-state index contributed by atoms with van der Waals surface area (Å²) in [6, 6.07) is 14.7. The van der Waals surface area contributed by atoms with E-state index in [1.165, 1.54) is 11.3 Å². The molecule has 0 amide bonds. The fraction of sp³-hybridized carbons (Fsp3) is 0.211. The van der Waals surface area contributed by atoms with Crippen LogP contribution in [-0.2, 0) is 20.9 Å². The Hall–Kier alpha value is -2.25. The molecule has 0 radical (unpaired) electrons. The summed E-state index contributed by atoms with van der Waals surface area (Å²) in [4.78, 5) is 21.5. The van der Waals surface area contributed by atoms with Gasteiger partial charge in [-0.15, -0.1) is 11.3 Å². The van der Waals surface area contributed by atoms with Crippen LogP contribution in [0.2, 0.25) is 0 Å². The van der Waals surface area contributed by atoms with Crippen molar-refractivity contribution in [2.75, 3.05) is 0 Å². The van der Waals surface area contributed by atoms with Gasteiger partial charge in [0.05, 0.1) is 10.2 Å². The zero-order valence-electron chi connectivity index (χ0n) is 13.9. The predicted octanol–water partition coefficient (Wildman–Crippen LogP) is 4.66. The van der Waals surface area contributed by atoms with Gasteiger partial charge in [-0.05, 0) is 23.8 Å². The molecule has 3 aromatic rings. The SMILES string of the molecule is CC1=NC(C(=O)OCc2ccccc2)C(c2nc3cc(Br)ccc3s2)O1. The van der Waals surface area contributed by atoms with Gasteiger partial charge in [0.2, 0.25) is 0 Å². The molecule has 0 saturated carbocycles. The van der Waals surface area contributed by atoms with E-state index in [1.807, 2.05) is 48.5 Å². The van der Waals surface area contributed by atoms with E-state index in [0.717, 1.165) is 25.3 Å². The number of benzene rings is 2. The highest BCUT2D eigenvalue weighted by atomic mass is 79.9. The van der Waals surface area contributed by atoms with Gasteiger partial charge in [-0.2, -0.15) is 0 Å². The summed E-state index contributed by atoms with van der Waals surface area (Å²) in [5.74, 6) is 0.0632.